The topological polar surface area (TPSA) is 55.4 Å². The van der Waals surface area contributed by atoms with Crippen LogP contribution in [0.1, 0.15) is 31.7 Å². The Balaban J connectivity index is 2.04. The number of hydrogen-bond acceptors (Lipinski definition) is 3. The Morgan fingerprint density at radius 2 is 2.15 bits per heavy atom. The van der Waals surface area contributed by atoms with E-state index in [9.17, 15) is 9.59 Å². The zero-order valence-electron chi connectivity index (χ0n) is 11.6. The summed E-state index contributed by atoms with van der Waals surface area (Å²) in [4.78, 5) is 23.6. The number of amides is 1. The van der Waals surface area contributed by atoms with Gasteiger partial charge in [-0.25, -0.2) is 0 Å². The van der Waals surface area contributed by atoms with Crippen molar-refractivity contribution in [1.29, 1.82) is 0 Å². The molecule has 20 heavy (non-hydrogen) atoms. The number of methoxy groups -OCH3 is 1. The Hall–Kier alpha value is -1.55. The van der Waals surface area contributed by atoms with E-state index in [1.807, 2.05) is 18.2 Å². The summed E-state index contributed by atoms with van der Waals surface area (Å²) in [5, 5.41) is 3.51. The zero-order chi connectivity index (χ0) is 14.8. The summed E-state index contributed by atoms with van der Waals surface area (Å²) in [6, 6.07) is 7.15. The van der Waals surface area contributed by atoms with Gasteiger partial charge in [-0.2, -0.15) is 0 Å². The molecular weight excluding hydrogens is 278 g/mol. The summed E-state index contributed by atoms with van der Waals surface area (Å²) in [6.45, 7) is 1.79. The minimum absolute atomic E-state index is 0.0452. The van der Waals surface area contributed by atoms with E-state index in [4.69, 9.17) is 11.6 Å². The number of halogens is 1. The van der Waals surface area contributed by atoms with Crippen LogP contribution in [0.3, 0.4) is 0 Å². The highest BCUT2D eigenvalue weighted by Gasteiger charge is 2.51. The lowest BCUT2D eigenvalue weighted by molar-refractivity contribution is -0.141. The van der Waals surface area contributed by atoms with Gasteiger partial charge in [0.1, 0.15) is 0 Å². The van der Waals surface area contributed by atoms with Gasteiger partial charge in [0.15, 0.2) is 0 Å². The highest BCUT2D eigenvalue weighted by molar-refractivity contribution is 6.30. The number of carbonyl (C=O) groups excluding carboxylic acids is 2. The molecule has 0 spiro atoms. The Morgan fingerprint density at radius 3 is 2.70 bits per heavy atom. The largest absolute Gasteiger partial charge is 0.469 e. The molecule has 5 heteroatoms. The minimum Gasteiger partial charge on any atom is -0.469 e. The molecule has 1 saturated carbocycles. The maximum atomic E-state index is 12.4. The van der Waals surface area contributed by atoms with Crippen molar-refractivity contribution in [3.63, 3.8) is 0 Å². The van der Waals surface area contributed by atoms with Gasteiger partial charge < -0.3 is 10.1 Å². The van der Waals surface area contributed by atoms with Crippen molar-refractivity contribution in [1.82, 2.24) is 5.32 Å². The average Bonchev–Trinajstić information content (AvgIpc) is 3.19. The molecule has 0 saturated heterocycles. The van der Waals surface area contributed by atoms with Gasteiger partial charge in [0, 0.05) is 11.1 Å². The lowest BCUT2D eigenvalue weighted by Gasteiger charge is -2.19. The first-order chi connectivity index (χ1) is 9.48. The summed E-state index contributed by atoms with van der Waals surface area (Å²) in [7, 11) is 1.34. The van der Waals surface area contributed by atoms with Crippen molar-refractivity contribution in [2.75, 3.05) is 7.11 Å². The molecule has 2 rings (SSSR count). The summed E-state index contributed by atoms with van der Waals surface area (Å²) in [6.07, 6.45) is 1.79. The third-order valence-electron chi connectivity index (χ3n) is 3.64. The van der Waals surface area contributed by atoms with Crippen molar-refractivity contribution in [2.45, 2.75) is 37.6 Å². The molecular formula is C15H18ClNO3. The number of hydrogen-bond donors (Lipinski definition) is 1. The van der Waals surface area contributed by atoms with Crippen molar-refractivity contribution in [3.8, 4) is 0 Å². The van der Waals surface area contributed by atoms with E-state index < -0.39 is 5.41 Å². The lowest BCUT2D eigenvalue weighted by Crippen LogP contribution is -2.41. The fourth-order valence-electron chi connectivity index (χ4n) is 2.30. The third-order valence-corrected chi connectivity index (χ3v) is 3.87. The molecule has 108 valence electrons. The zero-order valence-corrected chi connectivity index (χ0v) is 12.4. The Morgan fingerprint density at radius 1 is 1.45 bits per heavy atom. The summed E-state index contributed by atoms with van der Waals surface area (Å²) in [5.41, 5.74) is 0.461. The first kappa shape index (κ1) is 14.9. The number of esters is 1. The van der Waals surface area contributed by atoms with Gasteiger partial charge >= 0.3 is 5.97 Å². The van der Waals surface area contributed by atoms with Gasteiger partial charge in [0.05, 0.1) is 18.9 Å². The van der Waals surface area contributed by atoms with Crippen LogP contribution in [0.4, 0.5) is 0 Å². The van der Waals surface area contributed by atoms with Gasteiger partial charge in [-0.3, -0.25) is 9.59 Å². The smallest absolute Gasteiger partial charge is 0.307 e. The molecule has 1 unspecified atom stereocenters. The quantitative estimate of drug-likeness (QED) is 0.849. The van der Waals surface area contributed by atoms with Gasteiger partial charge in [0.25, 0.3) is 0 Å². The van der Waals surface area contributed by atoms with Crippen molar-refractivity contribution in [2.24, 2.45) is 0 Å². The van der Waals surface area contributed by atoms with Crippen LogP contribution in [0, 0.1) is 0 Å². The van der Waals surface area contributed by atoms with Crippen molar-refractivity contribution >= 4 is 23.5 Å². The predicted molar refractivity (Wildman–Crippen MR) is 76.6 cm³/mol. The molecule has 1 aromatic rings. The Kier molecular flexibility index (Phi) is 4.33. The maximum Gasteiger partial charge on any atom is 0.307 e. The SMILES string of the molecule is COC(=O)CC(C)NC(=O)C1(c2cccc(Cl)c2)CC1. The van der Waals surface area contributed by atoms with E-state index >= 15 is 0 Å². The highest BCUT2D eigenvalue weighted by atomic mass is 35.5. The molecule has 0 bridgehead atoms. The molecule has 1 fully saturated rings. The molecule has 1 aliphatic carbocycles. The molecule has 4 nitrogen and oxygen atoms in total. The number of rotatable bonds is 5. The maximum absolute atomic E-state index is 12.4. The molecule has 1 atom stereocenters. The van der Waals surface area contributed by atoms with Crippen LogP contribution in [-0.2, 0) is 19.7 Å². The first-order valence-corrected chi connectivity index (χ1v) is 6.99. The second-order valence-corrected chi connectivity index (χ2v) is 5.68. The Bertz CT molecular complexity index is 526. The monoisotopic (exact) mass is 295 g/mol. The van der Waals surface area contributed by atoms with Crippen LogP contribution in [0.15, 0.2) is 24.3 Å². The summed E-state index contributed by atoms with van der Waals surface area (Å²) in [5.74, 6) is -0.374. The standard InChI is InChI=1S/C15H18ClNO3/c1-10(8-13(18)20-2)17-14(19)15(6-7-15)11-4-3-5-12(16)9-11/h3-5,9-10H,6-8H2,1-2H3,(H,17,19). The first-order valence-electron chi connectivity index (χ1n) is 6.62. The van der Waals surface area contributed by atoms with Gasteiger partial charge in [-0.1, -0.05) is 23.7 Å². The summed E-state index contributed by atoms with van der Waals surface area (Å²) < 4.78 is 4.60. The van der Waals surface area contributed by atoms with Gasteiger partial charge in [0.2, 0.25) is 5.91 Å². The van der Waals surface area contributed by atoms with Crippen LogP contribution in [0.2, 0.25) is 5.02 Å². The van der Waals surface area contributed by atoms with E-state index in [0.29, 0.717) is 5.02 Å². The van der Waals surface area contributed by atoms with Crippen molar-refractivity contribution in [3.05, 3.63) is 34.9 Å². The third kappa shape index (κ3) is 3.12. The molecule has 0 heterocycles. The van der Waals surface area contributed by atoms with Crippen LogP contribution >= 0.6 is 11.6 Å². The molecule has 1 aliphatic rings. The van der Waals surface area contributed by atoms with Gasteiger partial charge in [-0.15, -0.1) is 0 Å². The number of nitrogens with one attached hydrogen (secondary N) is 1. The number of ether oxygens (including phenoxy) is 1. The highest BCUT2D eigenvalue weighted by Crippen LogP contribution is 2.48. The fourth-order valence-corrected chi connectivity index (χ4v) is 2.49. The van der Waals surface area contributed by atoms with Crippen LogP contribution < -0.4 is 5.32 Å². The molecule has 0 aromatic heterocycles. The molecule has 1 aromatic carbocycles. The number of carbonyl (C=O) groups is 2. The van der Waals surface area contributed by atoms with Crippen LogP contribution in [-0.4, -0.2) is 25.0 Å². The van der Waals surface area contributed by atoms with E-state index in [1.54, 1.807) is 13.0 Å². The van der Waals surface area contributed by atoms with E-state index in [-0.39, 0.29) is 24.3 Å². The second-order valence-electron chi connectivity index (χ2n) is 5.25. The second kappa shape index (κ2) is 5.83. The molecule has 1 amide bonds. The van der Waals surface area contributed by atoms with Crippen LogP contribution in [0.5, 0.6) is 0 Å². The van der Waals surface area contributed by atoms with E-state index in [2.05, 4.69) is 10.1 Å². The van der Waals surface area contributed by atoms with Crippen LogP contribution in [0.25, 0.3) is 0 Å². The van der Waals surface area contributed by atoms with E-state index in [0.717, 1.165) is 18.4 Å². The van der Waals surface area contributed by atoms with Crippen molar-refractivity contribution < 1.29 is 14.3 Å². The average molecular weight is 296 g/mol. The summed E-state index contributed by atoms with van der Waals surface area (Å²) >= 11 is 5.98. The molecule has 0 aliphatic heterocycles. The normalized spacial score (nSPS) is 17.1. The van der Waals surface area contributed by atoms with Gasteiger partial charge in [-0.05, 0) is 37.5 Å². The minimum atomic E-state index is -0.477. The fraction of sp³-hybridized carbons (Fsp3) is 0.467. The van der Waals surface area contributed by atoms with E-state index in [1.165, 1.54) is 7.11 Å². The predicted octanol–water partition coefficient (Wildman–Crippen LogP) is 2.44. The molecule has 1 N–H and O–H groups in total. The molecule has 0 radical (unpaired) electrons. The number of benzene rings is 1. The lowest BCUT2D eigenvalue weighted by atomic mass is 9.94. The Labute approximate surface area is 123 Å².